The number of carbonyl (C=O) groups excluding carboxylic acids is 1. The predicted molar refractivity (Wildman–Crippen MR) is 154 cm³/mol. The molecule has 2 aromatic heterocycles. The molecular weight excluding hydrogens is 542 g/mol. The number of piperidine rings is 1. The Morgan fingerprint density at radius 1 is 1.00 bits per heavy atom. The molecule has 1 unspecified atom stereocenters. The van der Waals surface area contributed by atoms with Crippen LogP contribution in [0.3, 0.4) is 0 Å². The molecule has 0 saturated carbocycles. The summed E-state index contributed by atoms with van der Waals surface area (Å²) < 4.78 is 39.4. The van der Waals surface area contributed by atoms with Gasteiger partial charge in [0.15, 0.2) is 0 Å². The lowest BCUT2D eigenvalue weighted by molar-refractivity contribution is -0.117. The molecule has 41 heavy (non-hydrogen) atoms. The van der Waals surface area contributed by atoms with Crippen molar-refractivity contribution in [3.05, 3.63) is 59.2 Å². The number of sulfonamides is 1. The van der Waals surface area contributed by atoms with E-state index in [1.54, 1.807) is 4.31 Å². The van der Waals surface area contributed by atoms with Gasteiger partial charge in [0, 0.05) is 43.2 Å². The first-order chi connectivity index (χ1) is 19.7. The van der Waals surface area contributed by atoms with Crippen molar-refractivity contribution >= 4 is 32.7 Å². The molecule has 5 heterocycles. The van der Waals surface area contributed by atoms with Gasteiger partial charge >= 0.3 is 0 Å². The van der Waals surface area contributed by atoms with Crippen LogP contribution in [0.2, 0.25) is 0 Å². The van der Waals surface area contributed by atoms with Gasteiger partial charge in [0.05, 0.1) is 35.6 Å². The maximum Gasteiger partial charge on any atom is 0.227 e. The van der Waals surface area contributed by atoms with Crippen molar-refractivity contribution < 1.29 is 22.5 Å². The van der Waals surface area contributed by atoms with Crippen molar-refractivity contribution in [2.45, 2.75) is 58.0 Å². The molecule has 3 aliphatic heterocycles. The first-order valence-corrected chi connectivity index (χ1v) is 16.0. The number of ether oxygens (including phenoxy) is 1. The number of carbonyl (C=O) groups is 1. The zero-order chi connectivity index (χ0) is 28.5. The Bertz CT molecular complexity index is 1760. The number of aromatic nitrogens is 3. The molecule has 3 aliphatic rings. The molecule has 11 heteroatoms. The van der Waals surface area contributed by atoms with Crippen molar-refractivity contribution in [1.29, 1.82) is 0 Å². The fourth-order valence-electron chi connectivity index (χ4n) is 6.79. The van der Waals surface area contributed by atoms with E-state index in [0.717, 1.165) is 62.9 Å². The van der Waals surface area contributed by atoms with Crippen LogP contribution in [0.4, 0.5) is 5.69 Å². The molecule has 10 nitrogen and oxygen atoms in total. The minimum atomic E-state index is -3.25. The van der Waals surface area contributed by atoms with Crippen LogP contribution in [-0.4, -0.2) is 59.3 Å². The molecule has 214 valence electrons. The molecule has 0 N–H and O–H groups in total. The summed E-state index contributed by atoms with van der Waals surface area (Å²) in [6.07, 6.45) is 4.55. The lowest BCUT2D eigenvalue weighted by atomic mass is 10.0. The molecule has 4 aromatic rings. The maximum absolute atomic E-state index is 13.4. The zero-order valence-electron chi connectivity index (χ0n) is 23.5. The maximum atomic E-state index is 13.4. The van der Waals surface area contributed by atoms with Crippen LogP contribution in [0.15, 0.2) is 40.9 Å². The second-order valence-corrected chi connectivity index (χ2v) is 13.3. The molecule has 2 fully saturated rings. The van der Waals surface area contributed by atoms with Crippen LogP contribution in [0.1, 0.15) is 60.6 Å². The van der Waals surface area contributed by atoms with E-state index in [-0.39, 0.29) is 18.0 Å². The fraction of sp³-hybridized carbons (Fsp3) is 0.433. The molecule has 0 radical (unpaired) electrons. The average Bonchev–Trinajstić information content (AvgIpc) is 3.72. The number of aryl methyl sites for hydroxylation is 2. The molecule has 0 spiro atoms. The number of fused-ring (bicyclic) bond motifs is 2. The normalized spacial score (nSPS) is 20.2. The van der Waals surface area contributed by atoms with Crippen LogP contribution in [-0.2, 0) is 21.2 Å². The Labute approximate surface area is 238 Å². The van der Waals surface area contributed by atoms with Gasteiger partial charge in [-0.2, -0.15) is 0 Å². The molecule has 7 rings (SSSR count). The van der Waals surface area contributed by atoms with Gasteiger partial charge in [-0.05, 0) is 74.6 Å². The van der Waals surface area contributed by atoms with Gasteiger partial charge < -0.3 is 18.7 Å². The van der Waals surface area contributed by atoms with Crippen LogP contribution in [0.5, 0.6) is 5.75 Å². The van der Waals surface area contributed by atoms with E-state index in [4.69, 9.17) is 14.2 Å². The standard InChI is InChI=1S/C30H33N5O5S/c1-18-29(19(2)40-32-18)21-4-6-25-24(17-21)31-30(35(25)22-10-13-33(14-11-22)41(3,37)38)26-7-9-28(36)34(26)23-5-8-27-20(16-23)12-15-39-27/h4-6,8,16-17,22,26H,7,9-15H2,1-3H3. The third-order valence-corrected chi connectivity index (χ3v) is 10.1. The summed E-state index contributed by atoms with van der Waals surface area (Å²) in [7, 11) is -3.25. The van der Waals surface area contributed by atoms with Crippen LogP contribution < -0.4 is 9.64 Å². The van der Waals surface area contributed by atoms with Crippen LogP contribution >= 0.6 is 0 Å². The molecular formula is C30H33N5O5S. The minimum Gasteiger partial charge on any atom is -0.493 e. The summed E-state index contributed by atoms with van der Waals surface area (Å²) in [6, 6.07) is 12.1. The Balaban J connectivity index is 1.34. The largest absolute Gasteiger partial charge is 0.493 e. The van der Waals surface area contributed by atoms with Gasteiger partial charge in [-0.25, -0.2) is 17.7 Å². The van der Waals surface area contributed by atoms with Crippen molar-refractivity contribution in [2.24, 2.45) is 0 Å². The molecule has 0 aliphatic carbocycles. The smallest absolute Gasteiger partial charge is 0.227 e. The lowest BCUT2D eigenvalue weighted by Gasteiger charge is -2.34. The Morgan fingerprint density at radius 3 is 2.54 bits per heavy atom. The third kappa shape index (κ3) is 4.42. The Kier molecular flexibility index (Phi) is 6.20. The minimum absolute atomic E-state index is 0.0592. The van der Waals surface area contributed by atoms with E-state index in [1.807, 2.05) is 30.9 Å². The molecule has 2 aromatic carbocycles. The highest BCUT2D eigenvalue weighted by Gasteiger charge is 2.39. The third-order valence-electron chi connectivity index (χ3n) is 8.76. The van der Waals surface area contributed by atoms with Crippen molar-refractivity contribution in [2.75, 3.05) is 30.9 Å². The lowest BCUT2D eigenvalue weighted by Crippen LogP contribution is -2.39. The SMILES string of the molecule is Cc1noc(C)c1-c1ccc2c(c1)nc(C1CCC(=O)N1c1ccc3c(c1)CCO3)n2C1CCN(S(C)(=O)=O)CC1. The van der Waals surface area contributed by atoms with E-state index >= 15 is 0 Å². The Morgan fingerprint density at radius 2 is 1.80 bits per heavy atom. The number of rotatable bonds is 5. The summed E-state index contributed by atoms with van der Waals surface area (Å²) in [5.41, 5.74) is 6.56. The first-order valence-electron chi connectivity index (χ1n) is 14.2. The molecule has 0 bridgehead atoms. The Hall–Kier alpha value is -3.70. The fourth-order valence-corrected chi connectivity index (χ4v) is 7.67. The van der Waals surface area contributed by atoms with Gasteiger partial charge in [0.25, 0.3) is 0 Å². The summed E-state index contributed by atoms with van der Waals surface area (Å²) in [4.78, 5) is 20.5. The zero-order valence-corrected chi connectivity index (χ0v) is 24.3. The number of imidazole rings is 1. The highest BCUT2D eigenvalue weighted by Crippen LogP contribution is 2.42. The number of hydrogen-bond acceptors (Lipinski definition) is 7. The molecule has 2 saturated heterocycles. The van der Waals surface area contributed by atoms with E-state index < -0.39 is 10.0 Å². The van der Waals surface area contributed by atoms with E-state index in [1.165, 1.54) is 6.26 Å². The average molecular weight is 576 g/mol. The van der Waals surface area contributed by atoms with E-state index in [9.17, 15) is 13.2 Å². The highest BCUT2D eigenvalue weighted by atomic mass is 32.2. The molecule has 1 amide bonds. The topological polar surface area (TPSA) is 111 Å². The van der Waals surface area contributed by atoms with E-state index in [0.29, 0.717) is 45.4 Å². The number of hydrogen-bond donors (Lipinski definition) is 0. The van der Waals surface area contributed by atoms with Crippen molar-refractivity contribution in [3.63, 3.8) is 0 Å². The number of benzene rings is 2. The van der Waals surface area contributed by atoms with Gasteiger partial charge in [-0.1, -0.05) is 11.2 Å². The summed E-state index contributed by atoms with van der Waals surface area (Å²) in [5, 5.41) is 4.13. The van der Waals surface area contributed by atoms with Crippen LogP contribution in [0.25, 0.3) is 22.2 Å². The van der Waals surface area contributed by atoms with Gasteiger partial charge in [-0.3, -0.25) is 4.79 Å². The number of anilines is 1. The second kappa shape index (κ2) is 9.70. The van der Waals surface area contributed by atoms with Gasteiger partial charge in [0.2, 0.25) is 15.9 Å². The van der Waals surface area contributed by atoms with Crippen molar-refractivity contribution in [3.8, 4) is 16.9 Å². The van der Waals surface area contributed by atoms with E-state index in [2.05, 4.69) is 34.0 Å². The van der Waals surface area contributed by atoms with Gasteiger partial charge in [0.1, 0.15) is 17.3 Å². The monoisotopic (exact) mass is 575 g/mol. The van der Waals surface area contributed by atoms with Crippen molar-refractivity contribution in [1.82, 2.24) is 19.0 Å². The quantitative estimate of drug-likeness (QED) is 0.339. The summed E-state index contributed by atoms with van der Waals surface area (Å²) in [6.45, 7) is 5.41. The predicted octanol–water partition coefficient (Wildman–Crippen LogP) is 4.71. The summed E-state index contributed by atoms with van der Waals surface area (Å²) in [5.74, 6) is 2.56. The second-order valence-electron chi connectivity index (χ2n) is 11.3. The van der Waals surface area contributed by atoms with Crippen LogP contribution in [0, 0.1) is 13.8 Å². The first kappa shape index (κ1) is 26.2. The summed E-state index contributed by atoms with van der Waals surface area (Å²) >= 11 is 0. The van der Waals surface area contributed by atoms with Gasteiger partial charge in [-0.15, -0.1) is 0 Å². The number of amides is 1. The molecule has 1 atom stereocenters. The number of nitrogens with zero attached hydrogens (tertiary/aromatic N) is 5. The highest BCUT2D eigenvalue weighted by molar-refractivity contribution is 7.88.